The van der Waals surface area contributed by atoms with Gasteiger partial charge in [0.1, 0.15) is 18.2 Å². The smallest absolute Gasteiger partial charge is 0.313 e. The van der Waals surface area contributed by atoms with E-state index in [9.17, 15) is 18.7 Å². The number of phenols is 1. The van der Waals surface area contributed by atoms with Gasteiger partial charge in [-0.05, 0) is 36.5 Å². The number of esters is 1. The molecule has 1 atom stereocenters. The van der Waals surface area contributed by atoms with Crippen molar-refractivity contribution >= 4 is 17.0 Å². The molecule has 1 aliphatic rings. The maximum atomic E-state index is 13.3. The van der Waals surface area contributed by atoms with Gasteiger partial charge in [0.25, 0.3) is 0 Å². The largest absolute Gasteiger partial charge is 0.508 e. The number of hydrogen-bond acceptors (Lipinski definition) is 4. The monoisotopic (exact) mass is 358 g/mol. The Morgan fingerprint density at radius 2 is 2.12 bits per heavy atom. The molecule has 0 spiro atoms. The first kappa shape index (κ1) is 16.5. The van der Waals surface area contributed by atoms with Gasteiger partial charge < -0.3 is 14.8 Å². The number of nitrogens with zero attached hydrogens (tertiary/aromatic N) is 1. The van der Waals surface area contributed by atoms with Crippen LogP contribution in [0.5, 0.6) is 5.75 Å². The van der Waals surface area contributed by atoms with E-state index in [4.69, 9.17) is 4.74 Å². The number of hydrogen-bond donors (Lipinski definition) is 2. The number of halogens is 2. The third-order valence-electron chi connectivity index (χ3n) is 4.69. The first-order valence-corrected chi connectivity index (χ1v) is 8.34. The van der Waals surface area contributed by atoms with Crippen LogP contribution in [-0.4, -0.2) is 21.0 Å². The number of benzene rings is 2. The van der Waals surface area contributed by atoms with E-state index in [1.54, 1.807) is 12.1 Å². The lowest BCUT2D eigenvalue weighted by Gasteiger charge is -2.24. The second kappa shape index (κ2) is 6.40. The molecule has 0 saturated carbocycles. The molecule has 1 aliphatic carbocycles. The Balaban J connectivity index is 1.51. The molecule has 1 aromatic heterocycles. The average Bonchev–Trinajstić information content (AvgIpc) is 3.01. The molecule has 0 aliphatic heterocycles. The van der Waals surface area contributed by atoms with E-state index in [0.29, 0.717) is 17.8 Å². The number of rotatable bonds is 3. The molecule has 2 N–H and O–H groups in total. The number of aromatic hydroxyl groups is 1. The molecule has 2 aromatic carbocycles. The summed E-state index contributed by atoms with van der Waals surface area (Å²) in [7, 11) is 0. The molecule has 4 rings (SSSR count). The minimum Gasteiger partial charge on any atom is -0.508 e. The zero-order valence-corrected chi connectivity index (χ0v) is 13.8. The molecule has 1 heterocycles. The number of ether oxygens (including phenoxy) is 1. The minimum atomic E-state index is -0.980. The van der Waals surface area contributed by atoms with E-state index < -0.39 is 23.5 Å². The number of aromatic nitrogens is 2. The molecule has 5 nitrogen and oxygen atoms in total. The Bertz CT molecular complexity index is 961. The summed E-state index contributed by atoms with van der Waals surface area (Å²) in [6.45, 7) is -0.124. The number of imidazole rings is 1. The average molecular weight is 358 g/mol. The zero-order valence-electron chi connectivity index (χ0n) is 13.8. The van der Waals surface area contributed by atoms with Crippen molar-refractivity contribution in [2.75, 3.05) is 0 Å². The first-order chi connectivity index (χ1) is 12.5. The van der Waals surface area contributed by atoms with E-state index in [0.717, 1.165) is 36.1 Å². The first-order valence-electron chi connectivity index (χ1n) is 8.34. The summed E-state index contributed by atoms with van der Waals surface area (Å²) >= 11 is 0. The second-order valence-corrected chi connectivity index (χ2v) is 6.36. The summed E-state index contributed by atoms with van der Waals surface area (Å²) in [4.78, 5) is 19.4. The maximum absolute atomic E-state index is 13.3. The van der Waals surface area contributed by atoms with E-state index >= 15 is 0 Å². The standard InChI is InChI=1S/C19H16F2N2O3/c20-13-7-15-16(8-14(13)21)23-18(22-15)9-26-19(25)12-5-1-4-11-10(12)3-2-6-17(11)24/h2-3,6-8,12,24H,1,4-5,9H2,(H,22,23). The van der Waals surface area contributed by atoms with Crippen LogP contribution >= 0.6 is 0 Å². The normalized spacial score (nSPS) is 16.5. The Kier molecular flexibility index (Phi) is 4.06. The van der Waals surface area contributed by atoms with Crippen molar-refractivity contribution in [3.05, 3.63) is 58.9 Å². The molecule has 0 fully saturated rings. The van der Waals surface area contributed by atoms with Crippen molar-refractivity contribution in [1.29, 1.82) is 0 Å². The van der Waals surface area contributed by atoms with E-state index in [2.05, 4.69) is 9.97 Å². The van der Waals surface area contributed by atoms with Crippen LogP contribution in [0.25, 0.3) is 11.0 Å². The molecule has 0 amide bonds. The molecule has 7 heteroatoms. The Hall–Kier alpha value is -2.96. The van der Waals surface area contributed by atoms with Crippen LogP contribution in [0.4, 0.5) is 8.78 Å². The molecular weight excluding hydrogens is 342 g/mol. The molecular formula is C19H16F2N2O3. The van der Waals surface area contributed by atoms with Gasteiger partial charge in [-0.15, -0.1) is 0 Å². The predicted octanol–water partition coefficient (Wildman–Crippen LogP) is 3.71. The van der Waals surface area contributed by atoms with E-state index in [1.807, 2.05) is 6.07 Å². The van der Waals surface area contributed by atoms with Crippen molar-refractivity contribution < 1.29 is 23.4 Å². The van der Waals surface area contributed by atoms with Crippen molar-refractivity contribution in [3.63, 3.8) is 0 Å². The van der Waals surface area contributed by atoms with E-state index in [-0.39, 0.29) is 17.9 Å². The molecule has 1 unspecified atom stereocenters. The minimum absolute atomic E-state index is 0.124. The Labute approximate surface area is 147 Å². The lowest BCUT2D eigenvalue weighted by atomic mass is 9.82. The molecule has 26 heavy (non-hydrogen) atoms. The number of nitrogens with one attached hydrogen (secondary N) is 1. The van der Waals surface area contributed by atoms with Gasteiger partial charge in [0.15, 0.2) is 11.6 Å². The predicted molar refractivity (Wildman–Crippen MR) is 89.6 cm³/mol. The fraction of sp³-hybridized carbons (Fsp3) is 0.263. The molecule has 0 bridgehead atoms. The van der Waals surface area contributed by atoms with Gasteiger partial charge in [0.05, 0.1) is 17.0 Å². The summed E-state index contributed by atoms with van der Waals surface area (Å²) in [6.07, 6.45) is 2.16. The highest BCUT2D eigenvalue weighted by molar-refractivity contribution is 5.79. The molecule has 0 saturated heterocycles. The third kappa shape index (κ3) is 2.89. The van der Waals surface area contributed by atoms with Gasteiger partial charge in [-0.3, -0.25) is 4.79 Å². The van der Waals surface area contributed by atoms with Gasteiger partial charge in [-0.25, -0.2) is 13.8 Å². The van der Waals surface area contributed by atoms with Crippen molar-refractivity contribution in [2.45, 2.75) is 31.8 Å². The van der Waals surface area contributed by atoms with Crippen LogP contribution in [0.2, 0.25) is 0 Å². The summed E-state index contributed by atoms with van der Waals surface area (Å²) in [5.74, 6) is -2.29. The van der Waals surface area contributed by atoms with Gasteiger partial charge in [-0.2, -0.15) is 0 Å². The summed E-state index contributed by atoms with van der Waals surface area (Å²) in [6, 6.07) is 7.16. The summed E-state index contributed by atoms with van der Waals surface area (Å²) in [5, 5.41) is 9.96. The summed E-state index contributed by atoms with van der Waals surface area (Å²) in [5.41, 5.74) is 2.18. The van der Waals surface area contributed by atoms with Gasteiger partial charge in [-0.1, -0.05) is 12.1 Å². The van der Waals surface area contributed by atoms with Crippen LogP contribution < -0.4 is 0 Å². The van der Waals surface area contributed by atoms with Crippen LogP contribution in [0.15, 0.2) is 30.3 Å². The number of carbonyl (C=O) groups is 1. The van der Waals surface area contributed by atoms with E-state index in [1.165, 1.54) is 0 Å². The fourth-order valence-corrected chi connectivity index (χ4v) is 3.44. The topological polar surface area (TPSA) is 75.2 Å². The second-order valence-electron chi connectivity index (χ2n) is 6.36. The van der Waals surface area contributed by atoms with Crippen molar-refractivity contribution in [2.24, 2.45) is 0 Å². The van der Waals surface area contributed by atoms with Crippen LogP contribution in [-0.2, 0) is 22.6 Å². The number of carbonyl (C=O) groups excluding carboxylic acids is 1. The third-order valence-corrected chi connectivity index (χ3v) is 4.69. The van der Waals surface area contributed by atoms with Gasteiger partial charge >= 0.3 is 5.97 Å². The van der Waals surface area contributed by atoms with Crippen LogP contribution in [0, 0.1) is 11.6 Å². The van der Waals surface area contributed by atoms with Crippen molar-refractivity contribution in [3.8, 4) is 5.75 Å². The SMILES string of the molecule is O=C(OCc1nc2cc(F)c(F)cc2[nH]1)C1CCCc2c(O)cccc21. The highest BCUT2D eigenvalue weighted by Gasteiger charge is 2.29. The molecule has 134 valence electrons. The highest BCUT2D eigenvalue weighted by atomic mass is 19.2. The van der Waals surface area contributed by atoms with Crippen LogP contribution in [0.1, 0.15) is 35.7 Å². The lowest BCUT2D eigenvalue weighted by Crippen LogP contribution is -2.21. The van der Waals surface area contributed by atoms with Crippen molar-refractivity contribution in [1.82, 2.24) is 9.97 Å². The number of fused-ring (bicyclic) bond motifs is 2. The summed E-state index contributed by atoms with van der Waals surface area (Å²) < 4.78 is 31.9. The molecule has 3 aromatic rings. The highest BCUT2D eigenvalue weighted by Crippen LogP contribution is 2.36. The van der Waals surface area contributed by atoms with Crippen LogP contribution in [0.3, 0.4) is 0 Å². The Morgan fingerprint density at radius 3 is 2.96 bits per heavy atom. The number of aromatic amines is 1. The number of H-pyrrole nitrogens is 1. The quantitative estimate of drug-likeness (QED) is 0.700. The number of phenolic OH excluding ortho intramolecular Hbond substituents is 1. The maximum Gasteiger partial charge on any atom is 0.313 e. The van der Waals surface area contributed by atoms with Gasteiger partial charge in [0, 0.05) is 12.1 Å². The Morgan fingerprint density at radius 1 is 1.31 bits per heavy atom. The zero-order chi connectivity index (χ0) is 18.3. The lowest BCUT2D eigenvalue weighted by molar-refractivity contribution is -0.147. The van der Waals surface area contributed by atoms with Gasteiger partial charge in [0.2, 0.25) is 0 Å². The molecule has 0 radical (unpaired) electrons. The fourth-order valence-electron chi connectivity index (χ4n) is 3.44.